The van der Waals surface area contributed by atoms with E-state index in [0.717, 1.165) is 35.0 Å². The predicted octanol–water partition coefficient (Wildman–Crippen LogP) is 3.91. The maximum absolute atomic E-state index is 12.8. The van der Waals surface area contributed by atoms with Gasteiger partial charge in [0, 0.05) is 17.6 Å². The summed E-state index contributed by atoms with van der Waals surface area (Å²) in [5.74, 6) is 0.246. The number of hydrogen-bond acceptors (Lipinski definition) is 1. The van der Waals surface area contributed by atoms with E-state index < -0.39 is 0 Å². The molecule has 19 heavy (non-hydrogen) atoms. The average molecular weight is 322 g/mol. The van der Waals surface area contributed by atoms with Gasteiger partial charge in [-0.2, -0.15) is 0 Å². The number of carbonyl (C=O) groups is 1. The number of rotatable bonds is 5. The maximum Gasteiger partial charge on any atom is 0.233 e. The molecule has 1 saturated carbocycles. The highest BCUT2D eigenvalue weighted by Crippen LogP contribution is 2.50. The third-order valence-corrected chi connectivity index (χ3v) is 4.16. The monoisotopic (exact) mass is 321 g/mol. The zero-order valence-electron chi connectivity index (χ0n) is 11.6. The molecule has 3 heteroatoms. The Kier molecular flexibility index (Phi) is 4.14. The van der Waals surface area contributed by atoms with Gasteiger partial charge >= 0.3 is 0 Å². The van der Waals surface area contributed by atoms with Crippen molar-refractivity contribution in [1.29, 1.82) is 0 Å². The van der Waals surface area contributed by atoms with Gasteiger partial charge in [-0.15, -0.1) is 0 Å². The van der Waals surface area contributed by atoms with E-state index in [2.05, 4.69) is 34.6 Å². The molecule has 0 atom stereocenters. The van der Waals surface area contributed by atoms with Gasteiger partial charge in [0.2, 0.25) is 5.91 Å². The van der Waals surface area contributed by atoms with Crippen LogP contribution in [0.25, 0.3) is 0 Å². The normalized spacial score (nSPS) is 15.9. The molecule has 1 aromatic rings. The van der Waals surface area contributed by atoms with E-state index in [-0.39, 0.29) is 11.3 Å². The summed E-state index contributed by atoms with van der Waals surface area (Å²) >= 11 is 3.49. The van der Waals surface area contributed by atoms with Gasteiger partial charge in [0.05, 0.1) is 5.41 Å². The maximum atomic E-state index is 12.8. The molecule has 1 amide bonds. The first-order valence-electron chi connectivity index (χ1n) is 6.69. The Morgan fingerprint density at radius 2 is 2.16 bits per heavy atom. The van der Waals surface area contributed by atoms with Crippen LogP contribution in [0.3, 0.4) is 0 Å². The smallest absolute Gasteiger partial charge is 0.233 e. The fourth-order valence-corrected chi connectivity index (χ4v) is 2.89. The number of halogens is 1. The second kappa shape index (κ2) is 5.49. The van der Waals surface area contributed by atoms with Crippen LogP contribution in [0.5, 0.6) is 0 Å². The summed E-state index contributed by atoms with van der Waals surface area (Å²) in [6.07, 6.45) is 1.91. The third kappa shape index (κ3) is 2.92. The molecule has 0 radical (unpaired) electrons. The minimum absolute atomic E-state index is 0.246. The Hall–Kier alpha value is -1.09. The molecule has 0 spiro atoms. The summed E-state index contributed by atoms with van der Waals surface area (Å²) in [6.45, 7) is 9.30. The van der Waals surface area contributed by atoms with E-state index >= 15 is 0 Å². The molecular formula is C16H20BrNO. The Morgan fingerprint density at radius 3 is 2.63 bits per heavy atom. The van der Waals surface area contributed by atoms with Crippen molar-refractivity contribution in [3.63, 3.8) is 0 Å². The lowest BCUT2D eigenvalue weighted by Crippen LogP contribution is -2.40. The second-order valence-electron chi connectivity index (χ2n) is 5.37. The molecule has 2 rings (SSSR count). The molecule has 1 aromatic carbocycles. The molecule has 1 aliphatic rings. The number of nitrogens with zero attached hydrogens (tertiary/aromatic N) is 1. The van der Waals surface area contributed by atoms with Gasteiger partial charge < -0.3 is 4.90 Å². The van der Waals surface area contributed by atoms with Gasteiger partial charge in [-0.05, 0) is 44.4 Å². The van der Waals surface area contributed by atoms with Crippen molar-refractivity contribution in [3.05, 3.63) is 46.5 Å². The summed E-state index contributed by atoms with van der Waals surface area (Å²) < 4.78 is 1.03. The van der Waals surface area contributed by atoms with E-state index in [1.54, 1.807) is 0 Å². The predicted molar refractivity (Wildman–Crippen MR) is 82.1 cm³/mol. The minimum atomic E-state index is -0.282. The number of hydrogen-bond donors (Lipinski definition) is 0. The summed E-state index contributed by atoms with van der Waals surface area (Å²) in [7, 11) is 0. The molecule has 0 aromatic heterocycles. The lowest BCUT2D eigenvalue weighted by molar-refractivity contribution is -0.133. The van der Waals surface area contributed by atoms with Crippen LogP contribution < -0.4 is 0 Å². The highest BCUT2D eigenvalue weighted by atomic mass is 79.9. The second-order valence-corrected chi connectivity index (χ2v) is 6.28. The Morgan fingerprint density at radius 1 is 1.47 bits per heavy atom. The molecule has 0 bridgehead atoms. The van der Waals surface area contributed by atoms with E-state index in [4.69, 9.17) is 0 Å². The molecule has 102 valence electrons. The quantitative estimate of drug-likeness (QED) is 0.753. The van der Waals surface area contributed by atoms with Crippen LogP contribution in [0.15, 0.2) is 40.9 Å². The van der Waals surface area contributed by atoms with E-state index in [9.17, 15) is 4.79 Å². The Labute approximate surface area is 123 Å². The first-order chi connectivity index (χ1) is 8.99. The van der Waals surface area contributed by atoms with Crippen molar-refractivity contribution in [2.24, 2.45) is 0 Å². The summed E-state index contributed by atoms with van der Waals surface area (Å²) in [5, 5.41) is 0. The Balaban J connectivity index is 2.24. The van der Waals surface area contributed by atoms with Crippen molar-refractivity contribution < 1.29 is 4.79 Å². The van der Waals surface area contributed by atoms with Crippen LogP contribution in [0.1, 0.15) is 32.3 Å². The van der Waals surface area contributed by atoms with E-state index in [1.165, 1.54) is 0 Å². The van der Waals surface area contributed by atoms with Crippen LogP contribution in [0.2, 0.25) is 0 Å². The number of benzene rings is 1. The van der Waals surface area contributed by atoms with Crippen molar-refractivity contribution >= 4 is 21.8 Å². The molecule has 0 heterocycles. The molecule has 0 unspecified atom stereocenters. The highest BCUT2D eigenvalue weighted by Gasteiger charge is 2.52. The zero-order chi connectivity index (χ0) is 14.0. The first-order valence-corrected chi connectivity index (χ1v) is 7.48. The number of likely N-dealkylation sites (N-methyl/N-ethyl adjacent to an activating group) is 1. The molecule has 1 aliphatic carbocycles. The van der Waals surface area contributed by atoms with Gasteiger partial charge in [0.25, 0.3) is 0 Å². The van der Waals surface area contributed by atoms with Gasteiger partial charge in [-0.25, -0.2) is 0 Å². The molecule has 0 aliphatic heterocycles. The van der Waals surface area contributed by atoms with Crippen LogP contribution in [-0.4, -0.2) is 23.9 Å². The standard InChI is InChI=1S/C16H20BrNO/c1-4-18(11-12(2)3)15(19)16(8-9-16)13-6-5-7-14(17)10-13/h5-7,10H,2,4,8-9,11H2,1,3H3. The number of amides is 1. The summed E-state index contributed by atoms with van der Waals surface area (Å²) in [6, 6.07) is 8.13. The molecule has 1 fully saturated rings. The highest BCUT2D eigenvalue weighted by molar-refractivity contribution is 9.10. The first kappa shape index (κ1) is 14.3. The fraction of sp³-hybridized carbons (Fsp3) is 0.438. The van der Waals surface area contributed by atoms with Crippen LogP contribution >= 0.6 is 15.9 Å². The van der Waals surface area contributed by atoms with Crippen LogP contribution in [0.4, 0.5) is 0 Å². The summed E-state index contributed by atoms with van der Waals surface area (Å²) in [5.41, 5.74) is 1.88. The van der Waals surface area contributed by atoms with Crippen molar-refractivity contribution in [3.8, 4) is 0 Å². The topological polar surface area (TPSA) is 20.3 Å². The average Bonchev–Trinajstić information content (AvgIpc) is 3.16. The van der Waals surface area contributed by atoms with Crippen LogP contribution in [-0.2, 0) is 10.2 Å². The third-order valence-electron chi connectivity index (χ3n) is 3.67. The molecule has 0 N–H and O–H groups in total. The van der Waals surface area contributed by atoms with Gasteiger partial charge in [-0.3, -0.25) is 4.79 Å². The molecule has 0 saturated heterocycles. The fourth-order valence-electron chi connectivity index (χ4n) is 2.49. The lowest BCUT2D eigenvalue weighted by Gasteiger charge is -2.26. The zero-order valence-corrected chi connectivity index (χ0v) is 13.2. The van der Waals surface area contributed by atoms with Crippen molar-refractivity contribution in [2.75, 3.05) is 13.1 Å². The number of carbonyl (C=O) groups excluding carboxylic acids is 1. The van der Waals surface area contributed by atoms with Crippen LogP contribution in [0, 0.1) is 0 Å². The van der Waals surface area contributed by atoms with Gasteiger partial charge in [0.1, 0.15) is 0 Å². The van der Waals surface area contributed by atoms with Crippen molar-refractivity contribution in [1.82, 2.24) is 4.90 Å². The molecule has 2 nitrogen and oxygen atoms in total. The van der Waals surface area contributed by atoms with Gasteiger partial charge in [0.15, 0.2) is 0 Å². The largest absolute Gasteiger partial charge is 0.338 e. The Bertz CT molecular complexity index is 505. The van der Waals surface area contributed by atoms with Gasteiger partial charge in [-0.1, -0.05) is 40.2 Å². The lowest BCUT2D eigenvalue weighted by atomic mass is 9.94. The molecular weight excluding hydrogens is 302 g/mol. The minimum Gasteiger partial charge on any atom is -0.338 e. The summed E-state index contributed by atoms with van der Waals surface area (Å²) in [4.78, 5) is 14.7. The van der Waals surface area contributed by atoms with E-state index in [1.807, 2.05) is 30.9 Å². The van der Waals surface area contributed by atoms with E-state index in [0.29, 0.717) is 6.54 Å². The van der Waals surface area contributed by atoms with Crippen molar-refractivity contribution in [2.45, 2.75) is 32.1 Å². The SMILES string of the molecule is C=C(C)CN(CC)C(=O)C1(c2cccc(Br)c2)CC1.